The van der Waals surface area contributed by atoms with Gasteiger partial charge in [0.25, 0.3) is 5.91 Å². The van der Waals surface area contributed by atoms with E-state index in [9.17, 15) is 4.79 Å². The van der Waals surface area contributed by atoms with Crippen LogP contribution in [0.2, 0.25) is 0 Å². The lowest BCUT2D eigenvalue weighted by molar-refractivity contribution is 0.0937. The summed E-state index contributed by atoms with van der Waals surface area (Å²) in [6, 6.07) is 4.58. The largest absolute Gasteiger partial charge is 0.407 e. The van der Waals surface area contributed by atoms with Crippen molar-refractivity contribution in [1.82, 2.24) is 20.1 Å². The van der Waals surface area contributed by atoms with Crippen molar-refractivity contribution in [2.24, 2.45) is 7.05 Å². The SMILES string of the molecule is Cc1cc(Nc2ncc(N3CCC[C@H](NC(=O)c4cc5c(s4)CCCCC5)C3)o2)nn1C. The number of hydrogen-bond donors (Lipinski definition) is 2. The lowest BCUT2D eigenvalue weighted by Gasteiger charge is -2.32. The summed E-state index contributed by atoms with van der Waals surface area (Å²) in [7, 11) is 1.90. The van der Waals surface area contributed by atoms with E-state index >= 15 is 0 Å². The minimum absolute atomic E-state index is 0.0559. The third kappa shape index (κ3) is 4.53. The Kier molecular flexibility index (Phi) is 5.91. The van der Waals surface area contributed by atoms with Crippen molar-refractivity contribution in [2.75, 3.05) is 23.3 Å². The van der Waals surface area contributed by atoms with Gasteiger partial charge in [0.15, 0.2) is 5.82 Å². The molecule has 1 aliphatic heterocycles. The number of hydrogen-bond acceptors (Lipinski definition) is 7. The summed E-state index contributed by atoms with van der Waals surface area (Å²) in [5.41, 5.74) is 2.43. The topological polar surface area (TPSA) is 88.2 Å². The second kappa shape index (κ2) is 8.97. The Morgan fingerprint density at radius 3 is 2.94 bits per heavy atom. The molecular weight excluding hydrogens is 424 g/mol. The molecule has 1 saturated heterocycles. The number of fused-ring (bicyclic) bond motifs is 1. The molecule has 3 aromatic heterocycles. The zero-order valence-electron chi connectivity index (χ0n) is 18.7. The molecule has 1 aliphatic carbocycles. The lowest BCUT2D eigenvalue weighted by Crippen LogP contribution is -2.47. The first-order valence-corrected chi connectivity index (χ1v) is 12.3. The first-order chi connectivity index (χ1) is 15.5. The van der Waals surface area contributed by atoms with Crippen LogP contribution in [0.5, 0.6) is 0 Å². The van der Waals surface area contributed by atoms with Crippen LogP contribution in [0.25, 0.3) is 0 Å². The Labute approximate surface area is 192 Å². The molecule has 4 heterocycles. The van der Waals surface area contributed by atoms with E-state index in [1.807, 2.05) is 20.0 Å². The zero-order valence-corrected chi connectivity index (χ0v) is 19.5. The first kappa shape index (κ1) is 21.1. The normalized spacial score (nSPS) is 18.8. The molecule has 9 heteroatoms. The number of amides is 1. The Balaban J connectivity index is 1.20. The first-order valence-electron chi connectivity index (χ1n) is 11.5. The number of oxazole rings is 1. The molecule has 0 radical (unpaired) electrons. The van der Waals surface area contributed by atoms with Crippen LogP contribution in [-0.4, -0.2) is 39.8 Å². The lowest BCUT2D eigenvalue weighted by atomic mass is 10.1. The van der Waals surface area contributed by atoms with Crippen LogP contribution in [0.15, 0.2) is 22.7 Å². The van der Waals surface area contributed by atoms with Crippen LogP contribution >= 0.6 is 11.3 Å². The second-order valence-corrected chi connectivity index (χ2v) is 9.94. The van der Waals surface area contributed by atoms with Crippen LogP contribution in [0.1, 0.15) is 57.9 Å². The van der Waals surface area contributed by atoms with Crippen molar-refractivity contribution in [2.45, 2.75) is 57.9 Å². The quantitative estimate of drug-likeness (QED) is 0.562. The van der Waals surface area contributed by atoms with E-state index in [-0.39, 0.29) is 11.9 Å². The molecule has 1 amide bonds. The summed E-state index contributed by atoms with van der Waals surface area (Å²) in [6.07, 6.45) is 9.69. The number of nitrogens with zero attached hydrogens (tertiary/aromatic N) is 4. The van der Waals surface area contributed by atoms with Gasteiger partial charge in [-0.15, -0.1) is 11.3 Å². The van der Waals surface area contributed by atoms with Crippen LogP contribution in [-0.2, 0) is 19.9 Å². The summed E-state index contributed by atoms with van der Waals surface area (Å²) in [6.45, 7) is 3.60. The third-order valence-corrected chi connectivity index (χ3v) is 7.62. The molecule has 1 atom stereocenters. The molecule has 0 saturated carbocycles. The smallest absolute Gasteiger partial charge is 0.302 e. The third-order valence-electron chi connectivity index (χ3n) is 6.38. The number of nitrogens with one attached hydrogen (secondary N) is 2. The van der Waals surface area contributed by atoms with Gasteiger partial charge in [-0.05, 0) is 57.1 Å². The predicted octanol–water partition coefficient (Wildman–Crippen LogP) is 4.19. The summed E-state index contributed by atoms with van der Waals surface area (Å²) in [5, 5.41) is 10.7. The highest BCUT2D eigenvalue weighted by molar-refractivity contribution is 7.14. The number of piperidine rings is 1. The van der Waals surface area contributed by atoms with E-state index < -0.39 is 0 Å². The van der Waals surface area contributed by atoms with Crippen molar-refractivity contribution < 1.29 is 9.21 Å². The predicted molar refractivity (Wildman–Crippen MR) is 126 cm³/mol. The minimum Gasteiger partial charge on any atom is -0.407 e. The van der Waals surface area contributed by atoms with E-state index in [1.165, 1.54) is 29.7 Å². The number of rotatable bonds is 5. The number of aromatic nitrogens is 3. The maximum absolute atomic E-state index is 12.9. The molecule has 5 rings (SSSR count). The van der Waals surface area contributed by atoms with Crippen molar-refractivity contribution in [3.8, 4) is 0 Å². The fourth-order valence-electron chi connectivity index (χ4n) is 4.53. The molecule has 0 unspecified atom stereocenters. The van der Waals surface area contributed by atoms with Gasteiger partial charge in [-0.1, -0.05) is 6.42 Å². The molecule has 8 nitrogen and oxygen atoms in total. The summed E-state index contributed by atoms with van der Waals surface area (Å²) in [4.78, 5) is 21.7. The molecule has 3 aromatic rings. The highest BCUT2D eigenvalue weighted by atomic mass is 32.1. The van der Waals surface area contributed by atoms with Crippen molar-refractivity contribution in [3.05, 3.63) is 39.3 Å². The van der Waals surface area contributed by atoms with E-state index in [0.29, 0.717) is 24.3 Å². The van der Waals surface area contributed by atoms with Gasteiger partial charge in [0.2, 0.25) is 5.88 Å². The average Bonchev–Trinajstić information content (AvgIpc) is 3.44. The van der Waals surface area contributed by atoms with Crippen LogP contribution in [0, 0.1) is 6.92 Å². The Hall–Kier alpha value is -2.81. The van der Waals surface area contributed by atoms with E-state index in [0.717, 1.165) is 42.8 Å². The summed E-state index contributed by atoms with van der Waals surface area (Å²) < 4.78 is 7.73. The van der Waals surface area contributed by atoms with Crippen LogP contribution in [0.3, 0.4) is 0 Å². The van der Waals surface area contributed by atoms with Gasteiger partial charge in [-0.2, -0.15) is 10.1 Å². The van der Waals surface area contributed by atoms with Gasteiger partial charge in [0.1, 0.15) is 0 Å². The maximum atomic E-state index is 12.9. The highest BCUT2D eigenvalue weighted by Crippen LogP contribution is 2.29. The number of carbonyl (C=O) groups is 1. The van der Waals surface area contributed by atoms with Gasteiger partial charge in [0, 0.05) is 42.8 Å². The molecule has 1 fully saturated rings. The molecule has 2 N–H and O–H groups in total. The standard InChI is InChI=1S/C23H30N6O2S/c1-15-11-20(27-28(15)2)26-23-24-13-21(31-23)29-10-6-8-17(14-29)25-22(30)19-12-16-7-4-3-5-9-18(16)32-19/h11-13,17H,3-10,14H2,1-2H3,(H,25,30)(H,24,26,27)/t17-/m0/s1. The van der Waals surface area contributed by atoms with Gasteiger partial charge < -0.3 is 14.6 Å². The molecule has 0 bridgehead atoms. The Morgan fingerprint density at radius 1 is 1.22 bits per heavy atom. The van der Waals surface area contributed by atoms with E-state index in [2.05, 4.69) is 31.7 Å². The van der Waals surface area contributed by atoms with Gasteiger partial charge >= 0.3 is 6.01 Å². The molecule has 32 heavy (non-hydrogen) atoms. The van der Waals surface area contributed by atoms with Crippen LogP contribution in [0.4, 0.5) is 17.7 Å². The van der Waals surface area contributed by atoms with E-state index in [1.54, 1.807) is 22.2 Å². The number of aryl methyl sites for hydroxylation is 4. The minimum atomic E-state index is 0.0559. The van der Waals surface area contributed by atoms with Crippen LogP contribution < -0.4 is 15.5 Å². The number of anilines is 3. The molecule has 170 valence electrons. The van der Waals surface area contributed by atoms with Gasteiger partial charge in [-0.3, -0.25) is 14.8 Å². The van der Waals surface area contributed by atoms with Gasteiger partial charge in [-0.25, -0.2) is 0 Å². The fourth-order valence-corrected chi connectivity index (χ4v) is 5.69. The fraction of sp³-hybridized carbons (Fsp3) is 0.522. The Bertz CT molecular complexity index is 1060. The highest BCUT2D eigenvalue weighted by Gasteiger charge is 2.25. The molecule has 2 aliphatic rings. The number of thiophene rings is 1. The molecule has 0 aromatic carbocycles. The summed E-state index contributed by atoms with van der Waals surface area (Å²) in [5.74, 6) is 1.47. The van der Waals surface area contributed by atoms with E-state index in [4.69, 9.17) is 4.42 Å². The van der Waals surface area contributed by atoms with Crippen molar-refractivity contribution >= 4 is 35.0 Å². The average molecular weight is 455 g/mol. The van der Waals surface area contributed by atoms with Gasteiger partial charge in [0.05, 0.1) is 11.1 Å². The summed E-state index contributed by atoms with van der Waals surface area (Å²) >= 11 is 1.68. The van der Waals surface area contributed by atoms with Crippen molar-refractivity contribution in [1.29, 1.82) is 0 Å². The monoisotopic (exact) mass is 454 g/mol. The zero-order chi connectivity index (χ0) is 22.1. The number of carbonyl (C=O) groups excluding carboxylic acids is 1. The van der Waals surface area contributed by atoms with Crippen molar-refractivity contribution in [3.63, 3.8) is 0 Å². The maximum Gasteiger partial charge on any atom is 0.302 e. The molecule has 0 spiro atoms. The Morgan fingerprint density at radius 2 is 2.09 bits per heavy atom. The molecular formula is C23H30N6O2S. The second-order valence-electron chi connectivity index (χ2n) is 8.80.